The van der Waals surface area contributed by atoms with Gasteiger partial charge in [0.2, 0.25) is 0 Å². The molecule has 1 heteroatoms. The topological polar surface area (TPSA) is 9.23 Å². The highest BCUT2D eigenvalue weighted by Crippen LogP contribution is 2.47. The number of hydrogen-bond donors (Lipinski definition) is 0. The second-order valence-electron chi connectivity index (χ2n) is 8.76. The van der Waals surface area contributed by atoms with Crippen molar-refractivity contribution in [1.29, 1.82) is 0 Å². The third-order valence-electron chi connectivity index (χ3n) is 7.30. The van der Waals surface area contributed by atoms with E-state index in [1.54, 1.807) is 11.1 Å². The van der Waals surface area contributed by atoms with Crippen LogP contribution < -0.4 is 0 Å². The zero-order valence-electron chi connectivity index (χ0n) is 15.6. The molecule has 0 spiro atoms. The first-order valence-corrected chi connectivity index (χ1v) is 10.4. The predicted molar refractivity (Wildman–Crippen MR) is 100 cm³/mol. The van der Waals surface area contributed by atoms with Crippen molar-refractivity contribution in [2.24, 2.45) is 23.7 Å². The van der Waals surface area contributed by atoms with Crippen LogP contribution in [0.2, 0.25) is 0 Å². The first-order chi connectivity index (χ1) is 11.7. The quantitative estimate of drug-likeness (QED) is 0.690. The van der Waals surface area contributed by atoms with E-state index in [0.717, 1.165) is 30.3 Å². The van der Waals surface area contributed by atoms with E-state index in [1.165, 1.54) is 63.4 Å². The van der Waals surface area contributed by atoms with Crippen LogP contribution in [0.5, 0.6) is 0 Å². The van der Waals surface area contributed by atoms with E-state index in [1.807, 2.05) is 0 Å². The zero-order chi connectivity index (χ0) is 16.5. The molecule has 5 atom stereocenters. The molecule has 0 N–H and O–H groups in total. The molecule has 3 aliphatic rings. The van der Waals surface area contributed by atoms with Crippen LogP contribution in [0, 0.1) is 30.6 Å². The van der Waals surface area contributed by atoms with Crippen LogP contribution in [0.3, 0.4) is 0 Å². The smallest absolute Gasteiger partial charge is 0.0577 e. The molecule has 132 valence electrons. The average Bonchev–Trinajstić information content (AvgIpc) is 2.61. The van der Waals surface area contributed by atoms with E-state index in [0.29, 0.717) is 6.10 Å². The fourth-order valence-electron chi connectivity index (χ4n) is 6.01. The first-order valence-electron chi connectivity index (χ1n) is 10.4. The number of rotatable bonds is 3. The summed E-state index contributed by atoms with van der Waals surface area (Å²) in [5.74, 6) is 3.90. The van der Waals surface area contributed by atoms with E-state index in [-0.39, 0.29) is 0 Å². The number of ether oxygens (including phenoxy) is 1. The minimum Gasteiger partial charge on any atom is -0.378 e. The van der Waals surface area contributed by atoms with Crippen molar-refractivity contribution in [3.05, 3.63) is 34.9 Å². The summed E-state index contributed by atoms with van der Waals surface area (Å²) in [5.41, 5.74) is 4.72. The highest BCUT2D eigenvalue weighted by Gasteiger charge is 2.38. The summed E-state index contributed by atoms with van der Waals surface area (Å²) in [5, 5.41) is 0. The van der Waals surface area contributed by atoms with Gasteiger partial charge in [0.05, 0.1) is 6.10 Å². The highest BCUT2D eigenvalue weighted by atomic mass is 16.5. The van der Waals surface area contributed by atoms with Gasteiger partial charge in [0.15, 0.2) is 0 Å². The molecule has 24 heavy (non-hydrogen) atoms. The largest absolute Gasteiger partial charge is 0.378 e. The molecule has 0 saturated heterocycles. The van der Waals surface area contributed by atoms with Crippen molar-refractivity contribution in [2.75, 3.05) is 6.61 Å². The van der Waals surface area contributed by atoms with Crippen molar-refractivity contribution >= 4 is 0 Å². The molecule has 0 aromatic heterocycles. The molecule has 0 radical (unpaired) electrons. The average molecular weight is 327 g/mol. The number of fused-ring (bicyclic) bond motifs is 2. The molecule has 1 aromatic rings. The SMILES string of the molecule is CCOC1CCC2CC(C3CCc4cc(C)ccc4C3)CCC2C1. The third kappa shape index (κ3) is 3.43. The van der Waals surface area contributed by atoms with E-state index < -0.39 is 0 Å². The molecule has 1 aromatic carbocycles. The van der Waals surface area contributed by atoms with Gasteiger partial charge in [-0.1, -0.05) is 23.8 Å². The molecule has 5 unspecified atom stereocenters. The third-order valence-corrected chi connectivity index (χ3v) is 7.30. The molecule has 1 nitrogen and oxygen atoms in total. The maximum atomic E-state index is 5.92. The highest BCUT2D eigenvalue weighted by molar-refractivity contribution is 5.33. The molecule has 4 rings (SSSR count). The fourth-order valence-corrected chi connectivity index (χ4v) is 6.01. The standard InChI is InChI=1S/C23H34O/c1-3-24-23-11-10-21-14-20(8-9-22(21)15-23)19-7-6-17-12-16(2)4-5-18(17)13-19/h4-5,12,19-23H,3,6-11,13-15H2,1-2H3. The van der Waals surface area contributed by atoms with Crippen LogP contribution in [-0.4, -0.2) is 12.7 Å². The maximum absolute atomic E-state index is 5.92. The Balaban J connectivity index is 1.37. The van der Waals surface area contributed by atoms with Crippen LogP contribution >= 0.6 is 0 Å². The molecule has 0 heterocycles. The number of benzene rings is 1. The van der Waals surface area contributed by atoms with E-state index in [4.69, 9.17) is 4.74 Å². The first kappa shape index (κ1) is 16.6. The molecule has 0 aliphatic heterocycles. The van der Waals surface area contributed by atoms with Crippen molar-refractivity contribution in [1.82, 2.24) is 0 Å². The maximum Gasteiger partial charge on any atom is 0.0577 e. The second kappa shape index (κ2) is 7.20. The van der Waals surface area contributed by atoms with Gasteiger partial charge < -0.3 is 4.74 Å². The Hall–Kier alpha value is -0.820. The summed E-state index contributed by atoms with van der Waals surface area (Å²) in [4.78, 5) is 0. The lowest BCUT2D eigenvalue weighted by Gasteiger charge is -2.44. The van der Waals surface area contributed by atoms with Gasteiger partial charge in [-0.05, 0) is 106 Å². The monoisotopic (exact) mass is 326 g/mol. The Labute approximate surface area is 148 Å². The van der Waals surface area contributed by atoms with Gasteiger partial charge in [-0.2, -0.15) is 0 Å². The molecule has 2 saturated carbocycles. The van der Waals surface area contributed by atoms with Gasteiger partial charge in [0, 0.05) is 6.61 Å². The summed E-state index contributed by atoms with van der Waals surface area (Å²) in [6, 6.07) is 7.15. The summed E-state index contributed by atoms with van der Waals surface area (Å²) in [6.45, 7) is 5.27. The van der Waals surface area contributed by atoms with Gasteiger partial charge in [-0.25, -0.2) is 0 Å². The van der Waals surface area contributed by atoms with Crippen molar-refractivity contribution in [3.8, 4) is 0 Å². The molecule has 0 bridgehead atoms. The van der Waals surface area contributed by atoms with Gasteiger partial charge in [-0.15, -0.1) is 0 Å². The van der Waals surface area contributed by atoms with Crippen LogP contribution in [0.1, 0.15) is 68.6 Å². The summed E-state index contributed by atoms with van der Waals surface area (Å²) >= 11 is 0. The molecule has 0 amide bonds. The molecular weight excluding hydrogens is 292 g/mol. The summed E-state index contributed by atoms with van der Waals surface area (Å²) in [7, 11) is 0. The minimum atomic E-state index is 0.567. The van der Waals surface area contributed by atoms with E-state index in [2.05, 4.69) is 32.0 Å². The Bertz CT molecular complexity index is 563. The minimum absolute atomic E-state index is 0.567. The van der Waals surface area contributed by atoms with Gasteiger partial charge in [0.1, 0.15) is 0 Å². The lowest BCUT2D eigenvalue weighted by molar-refractivity contribution is -0.0192. The van der Waals surface area contributed by atoms with Crippen LogP contribution in [0.25, 0.3) is 0 Å². The number of hydrogen-bond acceptors (Lipinski definition) is 1. The molecule has 2 fully saturated rings. The lowest BCUT2D eigenvalue weighted by atomic mass is 9.62. The Morgan fingerprint density at radius 1 is 0.875 bits per heavy atom. The number of aryl methyl sites for hydroxylation is 2. The summed E-state index contributed by atoms with van der Waals surface area (Å²) in [6.07, 6.45) is 13.2. The van der Waals surface area contributed by atoms with Gasteiger partial charge >= 0.3 is 0 Å². The lowest BCUT2D eigenvalue weighted by Crippen LogP contribution is -2.37. The summed E-state index contributed by atoms with van der Waals surface area (Å²) < 4.78 is 5.92. The predicted octanol–water partition coefficient (Wildman–Crippen LogP) is 5.72. The van der Waals surface area contributed by atoms with Crippen molar-refractivity contribution in [3.63, 3.8) is 0 Å². The Kier molecular flexibility index (Phi) is 4.99. The van der Waals surface area contributed by atoms with Crippen molar-refractivity contribution in [2.45, 2.75) is 77.7 Å². The zero-order valence-corrected chi connectivity index (χ0v) is 15.6. The molecule has 3 aliphatic carbocycles. The molecular formula is C23H34O. The van der Waals surface area contributed by atoms with Crippen LogP contribution in [-0.2, 0) is 17.6 Å². The Morgan fingerprint density at radius 3 is 2.46 bits per heavy atom. The van der Waals surface area contributed by atoms with E-state index in [9.17, 15) is 0 Å². The Morgan fingerprint density at radius 2 is 1.62 bits per heavy atom. The van der Waals surface area contributed by atoms with Gasteiger partial charge in [0.25, 0.3) is 0 Å². The van der Waals surface area contributed by atoms with Crippen molar-refractivity contribution < 1.29 is 4.74 Å². The van der Waals surface area contributed by atoms with Crippen LogP contribution in [0.15, 0.2) is 18.2 Å². The second-order valence-corrected chi connectivity index (χ2v) is 8.76. The fraction of sp³-hybridized carbons (Fsp3) is 0.739. The normalized spacial score (nSPS) is 36.0. The van der Waals surface area contributed by atoms with E-state index >= 15 is 0 Å². The van der Waals surface area contributed by atoms with Crippen LogP contribution in [0.4, 0.5) is 0 Å². The van der Waals surface area contributed by atoms with Gasteiger partial charge in [-0.3, -0.25) is 0 Å².